The topological polar surface area (TPSA) is 71.1 Å². The van der Waals surface area contributed by atoms with Crippen molar-refractivity contribution in [3.63, 3.8) is 0 Å². The van der Waals surface area contributed by atoms with Crippen LogP contribution in [-0.2, 0) is 10.0 Å². The molecular formula is C13H23N3O2S2. The van der Waals surface area contributed by atoms with Crippen molar-refractivity contribution in [2.24, 2.45) is 5.92 Å². The van der Waals surface area contributed by atoms with Crippen LogP contribution < -0.4 is 10.0 Å². The quantitative estimate of drug-likeness (QED) is 0.730. The van der Waals surface area contributed by atoms with Crippen molar-refractivity contribution in [2.45, 2.75) is 25.2 Å². The Morgan fingerprint density at radius 2 is 2.20 bits per heavy atom. The number of thioether (sulfide) groups is 1. The second kappa shape index (κ2) is 8.49. The van der Waals surface area contributed by atoms with Crippen LogP contribution in [0.25, 0.3) is 0 Å². The summed E-state index contributed by atoms with van der Waals surface area (Å²) in [5.41, 5.74) is 0.604. The first kappa shape index (κ1) is 17.3. The van der Waals surface area contributed by atoms with E-state index in [0.717, 1.165) is 18.7 Å². The van der Waals surface area contributed by atoms with Gasteiger partial charge >= 0.3 is 0 Å². The van der Waals surface area contributed by atoms with Gasteiger partial charge in [0.2, 0.25) is 10.0 Å². The molecule has 1 rings (SSSR count). The first-order chi connectivity index (χ1) is 9.51. The summed E-state index contributed by atoms with van der Waals surface area (Å²) in [6.45, 7) is 5.23. The molecule has 0 amide bonds. The molecule has 1 atom stereocenters. The fourth-order valence-electron chi connectivity index (χ4n) is 1.67. The Balaban J connectivity index is 2.81. The maximum atomic E-state index is 12.3. The molecule has 114 valence electrons. The molecule has 20 heavy (non-hydrogen) atoms. The number of hydrogen-bond donors (Lipinski definition) is 2. The second-order valence-electron chi connectivity index (χ2n) is 4.71. The molecule has 0 saturated carbocycles. The Hall–Kier alpha value is -0.790. The highest BCUT2D eigenvalue weighted by atomic mass is 32.2. The molecule has 2 N–H and O–H groups in total. The zero-order valence-corrected chi connectivity index (χ0v) is 13.9. The number of sulfonamides is 1. The number of nitrogens with zero attached hydrogens (tertiary/aromatic N) is 1. The van der Waals surface area contributed by atoms with Gasteiger partial charge in [0, 0.05) is 25.5 Å². The van der Waals surface area contributed by atoms with Crippen LogP contribution in [0.4, 0.5) is 5.69 Å². The molecule has 0 aliphatic heterocycles. The molecule has 0 aliphatic carbocycles. The van der Waals surface area contributed by atoms with Gasteiger partial charge in [-0.25, -0.2) is 13.1 Å². The fourth-order valence-corrected chi connectivity index (χ4v) is 3.65. The highest BCUT2D eigenvalue weighted by molar-refractivity contribution is 7.98. The summed E-state index contributed by atoms with van der Waals surface area (Å²) in [6.07, 6.45) is 5.92. The van der Waals surface area contributed by atoms with Crippen LogP contribution in [0.5, 0.6) is 0 Å². The summed E-state index contributed by atoms with van der Waals surface area (Å²) in [4.78, 5) is 4.13. The summed E-state index contributed by atoms with van der Waals surface area (Å²) in [6, 6.07) is 1.69. The zero-order valence-electron chi connectivity index (χ0n) is 12.2. The Kier molecular flexibility index (Phi) is 7.32. The van der Waals surface area contributed by atoms with E-state index in [0.29, 0.717) is 18.2 Å². The molecule has 0 bridgehead atoms. The lowest BCUT2D eigenvalue weighted by Gasteiger charge is -2.14. The molecule has 0 spiro atoms. The van der Waals surface area contributed by atoms with Gasteiger partial charge in [-0.2, -0.15) is 11.8 Å². The van der Waals surface area contributed by atoms with E-state index < -0.39 is 10.0 Å². The lowest BCUT2D eigenvalue weighted by molar-refractivity contribution is 0.562. The Labute approximate surface area is 126 Å². The van der Waals surface area contributed by atoms with Crippen molar-refractivity contribution < 1.29 is 8.42 Å². The van der Waals surface area contributed by atoms with Crippen molar-refractivity contribution in [2.75, 3.05) is 30.4 Å². The molecular weight excluding hydrogens is 294 g/mol. The van der Waals surface area contributed by atoms with Crippen LogP contribution >= 0.6 is 11.8 Å². The molecule has 1 aromatic rings. The standard InChI is InChI=1S/C13H23N3O2S2/c1-4-6-15-12-5-7-14-9-13(12)20(17,18)16-8-11(2)10-19-3/h5,7,9,11,16H,4,6,8,10H2,1-3H3,(H,14,15). The van der Waals surface area contributed by atoms with E-state index in [1.807, 2.05) is 20.1 Å². The van der Waals surface area contributed by atoms with Crippen molar-refractivity contribution in [3.8, 4) is 0 Å². The summed E-state index contributed by atoms with van der Waals surface area (Å²) in [7, 11) is -3.52. The maximum absolute atomic E-state index is 12.3. The first-order valence-electron chi connectivity index (χ1n) is 6.67. The van der Waals surface area contributed by atoms with Crippen LogP contribution in [-0.4, -0.2) is 38.5 Å². The van der Waals surface area contributed by atoms with E-state index in [1.54, 1.807) is 24.0 Å². The van der Waals surface area contributed by atoms with Crippen molar-refractivity contribution >= 4 is 27.5 Å². The van der Waals surface area contributed by atoms with Gasteiger partial charge in [0.1, 0.15) is 4.90 Å². The summed E-state index contributed by atoms with van der Waals surface area (Å²) in [5.74, 6) is 1.22. The predicted octanol–water partition coefficient (Wildman–Crippen LogP) is 2.18. The Morgan fingerprint density at radius 1 is 1.45 bits per heavy atom. The van der Waals surface area contributed by atoms with Gasteiger partial charge in [-0.05, 0) is 30.4 Å². The molecule has 0 saturated heterocycles. The minimum absolute atomic E-state index is 0.213. The predicted molar refractivity (Wildman–Crippen MR) is 85.8 cm³/mol. The molecule has 5 nitrogen and oxygen atoms in total. The van der Waals surface area contributed by atoms with E-state index in [4.69, 9.17) is 0 Å². The number of nitrogens with one attached hydrogen (secondary N) is 2. The van der Waals surface area contributed by atoms with Gasteiger partial charge in [-0.1, -0.05) is 13.8 Å². The molecule has 1 aromatic heterocycles. The lowest BCUT2D eigenvalue weighted by Crippen LogP contribution is -2.30. The van der Waals surface area contributed by atoms with E-state index in [9.17, 15) is 8.42 Å². The van der Waals surface area contributed by atoms with Crippen molar-refractivity contribution in [3.05, 3.63) is 18.5 Å². The third-order valence-electron chi connectivity index (χ3n) is 2.71. The zero-order chi connectivity index (χ0) is 15.0. The number of pyridine rings is 1. The molecule has 0 radical (unpaired) electrons. The van der Waals surface area contributed by atoms with Crippen LogP contribution in [0.1, 0.15) is 20.3 Å². The molecule has 7 heteroatoms. The largest absolute Gasteiger partial charge is 0.384 e. The molecule has 0 fully saturated rings. The minimum atomic E-state index is -3.52. The first-order valence-corrected chi connectivity index (χ1v) is 9.55. The normalized spacial score (nSPS) is 13.2. The van der Waals surface area contributed by atoms with E-state index in [-0.39, 0.29) is 4.90 Å². The summed E-state index contributed by atoms with van der Waals surface area (Å²) in [5, 5.41) is 3.12. The van der Waals surface area contributed by atoms with Crippen LogP contribution in [0, 0.1) is 5.92 Å². The number of anilines is 1. The van der Waals surface area contributed by atoms with Gasteiger partial charge < -0.3 is 5.32 Å². The highest BCUT2D eigenvalue weighted by Crippen LogP contribution is 2.19. The van der Waals surface area contributed by atoms with Crippen molar-refractivity contribution in [1.29, 1.82) is 0 Å². The van der Waals surface area contributed by atoms with Gasteiger partial charge in [-0.15, -0.1) is 0 Å². The van der Waals surface area contributed by atoms with Gasteiger partial charge in [0.15, 0.2) is 0 Å². The third-order valence-corrected chi connectivity index (χ3v) is 5.07. The smallest absolute Gasteiger partial charge is 0.244 e. The van der Waals surface area contributed by atoms with Gasteiger partial charge in [0.05, 0.1) is 5.69 Å². The maximum Gasteiger partial charge on any atom is 0.244 e. The van der Waals surface area contributed by atoms with Crippen LogP contribution in [0.2, 0.25) is 0 Å². The number of rotatable bonds is 9. The Bertz CT molecular complexity index is 506. The molecule has 0 aromatic carbocycles. The molecule has 1 heterocycles. The fraction of sp³-hybridized carbons (Fsp3) is 0.615. The number of aromatic nitrogens is 1. The average Bonchev–Trinajstić information content (AvgIpc) is 2.44. The minimum Gasteiger partial charge on any atom is -0.384 e. The van der Waals surface area contributed by atoms with Crippen LogP contribution in [0.3, 0.4) is 0 Å². The number of hydrogen-bond acceptors (Lipinski definition) is 5. The van der Waals surface area contributed by atoms with E-state index >= 15 is 0 Å². The van der Waals surface area contributed by atoms with Gasteiger partial charge in [-0.3, -0.25) is 4.98 Å². The molecule has 1 unspecified atom stereocenters. The highest BCUT2D eigenvalue weighted by Gasteiger charge is 2.19. The third kappa shape index (κ3) is 5.30. The van der Waals surface area contributed by atoms with E-state index in [2.05, 4.69) is 15.0 Å². The average molecular weight is 317 g/mol. The van der Waals surface area contributed by atoms with E-state index in [1.165, 1.54) is 6.20 Å². The second-order valence-corrected chi connectivity index (χ2v) is 7.36. The van der Waals surface area contributed by atoms with Gasteiger partial charge in [0.25, 0.3) is 0 Å². The Morgan fingerprint density at radius 3 is 2.85 bits per heavy atom. The summed E-state index contributed by atoms with van der Waals surface area (Å²) < 4.78 is 27.3. The SMILES string of the molecule is CCCNc1ccncc1S(=O)(=O)NCC(C)CSC. The summed E-state index contributed by atoms with van der Waals surface area (Å²) >= 11 is 1.71. The lowest BCUT2D eigenvalue weighted by atomic mass is 10.2. The van der Waals surface area contributed by atoms with Crippen molar-refractivity contribution in [1.82, 2.24) is 9.71 Å². The van der Waals surface area contributed by atoms with Crippen LogP contribution in [0.15, 0.2) is 23.4 Å². The monoisotopic (exact) mass is 317 g/mol. The molecule has 0 aliphatic rings.